The molecule has 5 nitrogen and oxygen atoms in total. The van der Waals surface area contributed by atoms with Crippen LogP contribution in [-0.2, 0) is 0 Å². The minimum atomic E-state index is -0.140. The minimum absolute atomic E-state index is 0.0714. The summed E-state index contributed by atoms with van der Waals surface area (Å²) in [6, 6.07) is 7.45. The first-order chi connectivity index (χ1) is 12.0. The maximum absolute atomic E-state index is 13.0. The van der Waals surface area contributed by atoms with Crippen LogP contribution in [0.3, 0.4) is 0 Å². The van der Waals surface area contributed by atoms with Crippen molar-refractivity contribution in [2.45, 2.75) is 19.9 Å². The van der Waals surface area contributed by atoms with Gasteiger partial charge >= 0.3 is 0 Å². The van der Waals surface area contributed by atoms with E-state index in [1.165, 1.54) is 11.3 Å². The predicted molar refractivity (Wildman–Crippen MR) is 101 cm³/mol. The first kappa shape index (κ1) is 15.3. The Kier molecular flexibility index (Phi) is 3.24. The molecule has 1 N–H and O–H groups in total. The van der Waals surface area contributed by atoms with Gasteiger partial charge in [-0.25, -0.2) is 9.38 Å². The highest BCUT2D eigenvalue weighted by Crippen LogP contribution is 2.41. The van der Waals surface area contributed by atoms with Gasteiger partial charge in [-0.3, -0.25) is 4.79 Å². The lowest BCUT2D eigenvalue weighted by Crippen LogP contribution is -2.20. The van der Waals surface area contributed by atoms with Crippen LogP contribution in [0.15, 0.2) is 29.1 Å². The average molecular weight is 390 g/mol. The average Bonchev–Trinajstić information content (AvgIpc) is 3.21. The van der Waals surface area contributed by atoms with Crippen molar-refractivity contribution < 1.29 is 4.84 Å². The summed E-state index contributed by atoms with van der Waals surface area (Å²) in [6.45, 7) is 3.98. The smallest absolute Gasteiger partial charge is 0.270 e. The molecule has 0 saturated carbocycles. The number of hydroxylamine groups is 1. The molecule has 4 aromatic rings. The van der Waals surface area contributed by atoms with Crippen molar-refractivity contribution in [2.24, 2.45) is 0 Å². The van der Waals surface area contributed by atoms with Crippen LogP contribution in [0.5, 0.6) is 5.88 Å². The third kappa shape index (κ3) is 2.10. The summed E-state index contributed by atoms with van der Waals surface area (Å²) in [5.41, 5.74) is 4.95. The number of benzene rings is 1. The molecule has 8 heteroatoms. The number of aromatic nitrogens is 2. The molecular weight excluding hydrogens is 378 g/mol. The molecule has 1 atom stereocenters. The van der Waals surface area contributed by atoms with Gasteiger partial charge in [-0.05, 0) is 37.1 Å². The first-order valence-electron chi connectivity index (χ1n) is 7.67. The van der Waals surface area contributed by atoms with Gasteiger partial charge in [0.25, 0.3) is 5.56 Å². The van der Waals surface area contributed by atoms with Crippen LogP contribution in [-0.4, -0.2) is 9.38 Å². The maximum atomic E-state index is 13.0. The highest BCUT2D eigenvalue weighted by Gasteiger charge is 2.32. The van der Waals surface area contributed by atoms with Gasteiger partial charge in [0.05, 0.1) is 10.3 Å². The molecule has 1 aromatic carbocycles. The number of nitrogens with one attached hydrogen (secondary N) is 1. The van der Waals surface area contributed by atoms with Gasteiger partial charge in [-0.15, -0.1) is 16.8 Å². The number of hydrogen-bond acceptors (Lipinski definition) is 6. The summed E-state index contributed by atoms with van der Waals surface area (Å²) < 4.78 is 1.57. The van der Waals surface area contributed by atoms with Gasteiger partial charge in [0, 0.05) is 9.90 Å². The number of aryl methyl sites for hydroxylation is 2. The largest absolute Gasteiger partial charge is 0.387 e. The minimum Gasteiger partial charge on any atom is -0.387 e. The van der Waals surface area contributed by atoms with Crippen molar-refractivity contribution in [2.75, 3.05) is 0 Å². The van der Waals surface area contributed by atoms with Crippen LogP contribution < -0.4 is 15.9 Å². The third-order valence-electron chi connectivity index (χ3n) is 4.53. The summed E-state index contributed by atoms with van der Waals surface area (Å²) in [6.07, 6.45) is 0. The highest BCUT2D eigenvalue weighted by atomic mass is 35.5. The first-order valence-corrected chi connectivity index (χ1v) is 9.68. The lowest BCUT2D eigenvalue weighted by Gasteiger charge is -2.08. The summed E-state index contributed by atoms with van der Waals surface area (Å²) >= 11 is 9.01. The molecule has 126 valence electrons. The molecule has 0 bridgehead atoms. The fourth-order valence-corrected chi connectivity index (χ4v) is 5.41. The topological polar surface area (TPSA) is 55.6 Å². The molecule has 5 rings (SSSR count). The molecule has 1 aliphatic heterocycles. The summed E-state index contributed by atoms with van der Waals surface area (Å²) in [7, 11) is 0. The predicted octanol–water partition coefficient (Wildman–Crippen LogP) is 4.23. The Morgan fingerprint density at radius 2 is 2.00 bits per heavy atom. The van der Waals surface area contributed by atoms with Crippen molar-refractivity contribution >= 4 is 49.5 Å². The normalized spacial score (nSPS) is 16.5. The van der Waals surface area contributed by atoms with Crippen LogP contribution in [0.2, 0.25) is 5.02 Å². The Labute approximate surface area is 155 Å². The molecule has 0 fully saturated rings. The number of fused-ring (bicyclic) bond motifs is 4. The number of thiazole rings is 1. The van der Waals surface area contributed by atoms with Gasteiger partial charge in [0.1, 0.15) is 10.9 Å². The van der Waals surface area contributed by atoms with Gasteiger partial charge in [0.2, 0.25) is 10.8 Å². The lowest BCUT2D eigenvalue weighted by molar-refractivity contribution is 0.197. The number of rotatable bonds is 1. The molecule has 4 heterocycles. The van der Waals surface area contributed by atoms with E-state index in [0.29, 0.717) is 21.2 Å². The second-order valence-corrected chi connectivity index (χ2v) is 8.62. The lowest BCUT2D eigenvalue weighted by atomic mass is 10.1. The second kappa shape index (κ2) is 5.28. The summed E-state index contributed by atoms with van der Waals surface area (Å²) in [5, 5.41) is 1.36. The van der Waals surface area contributed by atoms with Crippen LogP contribution in [0.4, 0.5) is 0 Å². The Balaban J connectivity index is 1.77. The molecule has 25 heavy (non-hydrogen) atoms. The Morgan fingerprint density at radius 3 is 2.76 bits per heavy atom. The fraction of sp³-hybridized carbons (Fsp3) is 0.176. The van der Waals surface area contributed by atoms with E-state index in [1.807, 2.05) is 38.1 Å². The number of nitrogens with zero attached hydrogens (tertiary/aromatic N) is 2. The maximum Gasteiger partial charge on any atom is 0.270 e. The third-order valence-corrected chi connectivity index (χ3v) is 6.97. The van der Waals surface area contributed by atoms with Crippen LogP contribution >= 0.6 is 34.3 Å². The zero-order valence-corrected chi connectivity index (χ0v) is 15.7. The standard InChI is InChI=1S/C17H12ClN3O2S2/c1-7-8(2)24-14-11(7)15(22)21-16-13(25-17(21)19-14)12(20-23-16)9-3-5-10(18)6-4-9/h3-6,12,20H,1-2H3. The van der Waals surface area contributed by atoms with Gasteiger partial charge in [-0.1, -0.05) is 35.1 Å². The zero-order chi connectivity index (χ0) is 17.3. The van der Waals surface area contributed by atoms with E-state index in [2.05, 4.69) is 5.48 Å². The van der Waals surface area contributed by atoms with Crippen LogP contribution in [0.1, 0.15) is 26.9 Å². The zero-order valence-electron chi connectivity index (χ0n) is 13.3. The van der Waals surface area contributed by atoms with Crippen LogP contribution in [0.25, 0.3) is 15.2 Å². The van der Waals surface area contributed by atoms with Crippen molar-refractivity contribution in [3.63, 3.8) is 0 Å². The Hall–Kier alpha value is -1.93. The summed E-state index contributed by atoms with van der Waals surface area (Å²) in [5.74, 6) is 0.530. The van der Waals surface area contributed by atoms with E-state index < -0.39 is 0 Å². The second-order valence-electron chi connectivity index (χ2n) is 5.97. The van der Waals surface area contributed by atoms with Gasteiger partial charge < -0.3 is 4.84 Å². The van der Waals surface area contributed by atoms with Gasteiger partial charge in [-0.2, -0.15) is 0 Å². The van der Waals surface area contributed by atoms with Gasteiger partial charge in [0.15, 0.2) is 0 Å². The molecule has 0 aliphatic carbocycles. The van der Waals surface area contributed by atoms with E-state index in [0.717, 1.165) is 25.7 Å². The van der Waals surface area contributed by atoms with E-state index >= 15 is 0 Å². The van der Waals surface area contributed by atoms with Crippen LogP contribution in [0, 0.1) is 13.8 Å². The van der Waals surface area contributed by atoms with E-state index in [9.17, 15) is 4.79 Å². The molecule has 0 saturated heterocycles. The Bertz CT molecular complexity index is 1210. The van der Waals surface area contributed by atoms with Crippen molar-refractivity contribution in [1.29, 1.82) is 0 Å². The molecule has 0 spiro atoms. The SMILES string of the molecule is Cc1sc2nc3sc4c(n3c(=O)c2c1C)ONC4c1ccc(Cl)cc1. The summed E-state index contributed by atoms with van der Waals surface area (Å²) in [4.78, 5) is 26.9. The Morgan fingerprint density at radius 1 is 1.24 bits per heavy atom. The van der Waals surface area contributed by atoms with Crippen molar-refractivity contribution in [3.05, 3.63) is 60.5 Å². The quantitative estimate of drug-likeness (QED) is 0.529. The van der Waals surface area contributed by atoms with E-state index in [-0.39, 0.29) is 11.6 Å². The van der Waals surface area contributed by atoms with E-state index in [1.54, 1.807) is 15.7 Å². The van der Waals surface area contributed by atoms with Crippen molar-refractivity contribution in [3.8, 4) is 5.88 Å². The molecule has 1 aliphatic rings. The number of halogens is 1. The highest BCUT2D eigenvalue weighted by molar-refractivity contribution is 7.19. The van der Waals surface area contributed by atoms with Crippen molar-refractivity contribution in [1.82, 2.24) is 14.9 Å². The number of thiophene rings is 1. The molecular formula is C17H12ClN3O2S2. The van der Waals surface area contributed by atoms with E-state index in [4.69, 9.17) is 21.4 Å². The fourth-order valence-electron chi connectivity index (χ4n) is 3.10. The molecule has 1 unspecified atom stereocenters. The molecule has 0 amide bonds. The molecule has 0 radical (unpaired) electrons. The molecule has 3 aromatic heterocycles. The monoisotopic (exact) mass is 389 g/mol. The number of hydrogen-bond donors (Lipinski definition) is 1.